The zero-order valence-corrected chi connectivity index (χ0v) is 16.8. The molecule has 2 aliphatic heterocycles. The third-order valence-electron chi connectivity index (χ3n) is 5.36. The van der Waals surface area contributed by atoms with Gasteiger partial charge in [-0.25, -0.2) is 5.43 Å². The van der Waals surface area contributed by atoms with Crippen LogP contribution in [-0.4, -0.2) is 56.3 Å². The van der Waals surface area contributed by atoms with Gasteiger partial charge in [0.1, 0.15) is 24.5 Å². The lowest BCUT2D eigenvalue weighted by Gasteiger charge is -2.23. The largest absolute Gasteiger partial charge is 0.493 e. The number of carbonyl (C=O) groups is 1. The molecule has 0 radical (unpaired) electrons. The Kier molecular flexibility index (Phi) is 5.87. The van der Waals surface area contributed by atoms with Crippen LogP contribution in [0.15, 0.2) is 48.5 Å². The monoisotopic (exact) mass is 397 g/mol. The van der Waals surface area contributed by atoms with Crippen molar-refractivity contribution in [2.75, 3.05) is 27.3 Å². The van der Waals surface area contributed by atoms with E-state index in [1.807, 2.05) is 49.5 Å². The minimum Gasteiger partial charge on any atom is -0.493 e. The van der Waals surface area contributed by atoms with Crippen LogP contribution < -0.4 is 25.1 Å². The number of nitrogens with zero attached hydrogens (tertiary/aromatic N) is 1. The fourth-order valence-corrected chi connectivity index (χ4v) is 3.84. The second kappa shape index (κ2) is 8.71. The summed E-state index contributed by atoms with van der Waals surface area (Å²) in [6, 6.07) is 15.3. The van der Waals surface area contributed by atoms with Gasteiger partial charge >= 0.3 is 0 Å². The molecule has 7 nitrogen and oxygen atoms in total. The number of methoxy groups -OCH3 is 1. The summed E-state index contributed by atoms with van der Waals surface area (Å²) >= 11 is 0. The number of benzene rings is 2. The second-order valence-corrected chi connectivity index (χ2v) is 7.51. The summed E-state index contributed by atoms with van der Waals surface area (Å²) in [5.74, 6) is 2.37. The van der Waals surface area contributed by atoms with Gasteiger partial charge in [0.15, 0.2) is 11.5 Å². The lowest BCUT2D eigenvalue weighted by atomic mass is 10.1. The van der Waals surface area contributed by atoms with Crippen LogP contribution >= 0.6 is 0 Å². The number of fused-ring (bicyclic) bond motifs is 1. The highest BCUT2D eigenvalue weighted by Gasteiger charge is 2.33. The number of para-hydroxylation sites is 3. The molecule has 4 rings (SSSR count). The molecule has 1 saturated heterocycles. The number of hydrazine groups is 1. The number of rotatable bonds is 7. The second-order valence-electron chi connectivity index (χ2n) is 7.51. The summed E-state index contributed by atoms with van der Waals surface area (Å²) in [7, 11) is 3.45. The van der Waals surface area contributed by atoms with Gasteiger partial charge in [0.25, 0.3) is 0 Å². The van der Waals surface area contributed by atoms with Crippen molar-refractivity contribution < 1.29 is 19.0 Å². The van der Waals surface area contributed by atoms with Crippen LogP contribution in [0.25, 0.3) is 0 Å². The van der Waals surface area contributed by atoms with E-state index >= 15 is 0 Å². The van der Waals surface area contributed by atoms with Crippen LogP contribution in [0.1, 0.15) is 12.0 Å². The first kappa shape index (κ1) is 19.5. The number of hydrogen-bond acceptors (Lipinski definition) is 6. The first-order valence-electron chi connectivity index (χ1n) is 9.90. The van der Waals surface area contributed by atoms with E-state index in [9.17, 15) is 4.79 Å². The lowest BCUT2D eigenvalue weighted by Crippen LogP contribution is -2.47. The summed E-state index contributed by atoms with van der Waals surface area (Å²) in [4.78, 5) is 14.6. The third kappa shape index (κ3) is 4.46. The van der Waals surface area contributed by atoms with Crippen LogP contribution in [-0.2, 0) is 11.2 Å². The Morgan fingerprint density at radius 2 is 1.90 bits per heavy atom. The Morgan fingerprint density at radius 1 is 1.14 bits per heavy atom. The predicted octanol–water partition coefficient (Wildman–Crippen LogP) is 1.77. The van der Waals surface area contributed by atoms with Crippen molar-refractivity contribution in [1.82, 2.24) is 15.8 Å². The molecule has 2 N–H and O–H groups in total. The fraction of sp³-hybridized carbons (Fsp3) is 0.409. The quantitative estimate of drug-likeness (QED) is 0.742. The topological polar surface area (TPSA) is 72.1 Å². The van der Waals surface area contributed by atoms with E-state index in [2.05, 4.69) is 16.9 Å². The number of ether oxygens (including phenoxy) is 3. The first-order valence-corrected chi connectivity index (χ1v) is 9.90. The van der Waals surface area contributed by atoms with Gasteiger partial charge in [-0.05, 0) is 30.2 Å². The molecule has 0 aliphatic carbocycles. The van der Waals surface area contributed by atoms with Crippen LogP contribution in [0.3, 0.4) is 0 Å². The van der Waals surface area contributed by atoms with Crippen LogP contribution in [0.2, 0.25) is 0 Å². The van der Waals surface area contributed by atoms with E-state index in [1.165, 1.54) is 5.56 Å². The van der Waals surface area contributed by atoms with E-state index in [-0.39, 0.29) is 24.1 Å². The van der Waals surface area contributed by atoms with Gasteiger partial charge in [-0.3, -0.25) is 10.2 Å². The maximum Gasteiger partial charge on any atom is 0.240 e. The molecular formula is C22H27N3O4. The summed E-state index contributed by atoms with van der Waals surface area (Å²) in [5.41, 5.74) is 7.47. The Balaban J connectivity index is 1.25. The molecule has 1 amide bonds. The Bertz CT molecular complexity index is 834. The SMILES string of the molecule is COc1ccccc1OCC1CC(C(=O)N(C)CC2Cc3ccccc3O2)NN1. The third-order valence-corrected chi connectivity index (χ3v) is 5.36. The summed E-state index contributed by atoms with van der Waals surface area (Å²) in [6.07, 6.45) is 1.49. The van der Waals surface area contributed by atoms with Crippen LogP contribution in [0.4, 0.5) is 0 Å². The van der Waals surface area contributed by atoms with Crippen molar-refractivity contribution in [3.8, 4) is 17.2 Å². The molecule has 2 aromatic rings. The molecule has 0 aromatic heterocycles. The van der Waals surface area contributed by atoms with E-state index in [0.717, 1.165) is 12.2 Å². The van der Waals surface area contributed by atoms with Gasteiger partial charge in [-0.2, -0.15) is 0 Å². The summed E-state index contributed by atoms with van der Waals surface area (Å²) in [6.45, 7) is 1.01. The molecule has 0 spiro atoms. The molecule has 29 heavy (non-hydrogen) atoms. The normalized spacial score (nSPS) is 22.6. The van der Waals surface area contributed by atoms with Gasteiger partial charge in [-0.1, -0.05) is 30.3 Å². The zero-order chi connectivity index (χ0) is 20.2. The molecule has 0 saturated carbocycles. The van der Waals surface area contributed by atoms with Crippen molar-refractivity contribution in [2.24, 2.45) is 0 Å². The molecule has 7 heteroatoms. The molecule has 0 bridgehead atoms. The smallest absolute Gasteiger partial charge is 0.240 e. The maximum absolute atomic E-state index is 12.8. The highest BCUT2D eigenvalue weighted by molar-refractivity contribution is 5.82. The maximum atomic E-state index is 12.8. The van der Waals surface area contributed by atoms with Crippen molar-refractivity contribution in [1.29, 1.82) is 0 Å². The number of amides is 1. The van der Waals surface area contributed by atoms with Gasteiger partial charge in [0, 0.05) is 13.5 Å². The first-order chi connectivity index (χ1) is 14.1. The van der Waals surface area contributed by atoms with E-state index < -0.39 is 0 Å². The zero-order valence-electron chi connectivity index (χ0n) is 16.8. The van der Waals surface area contributed by atoms with E-state index in [4.69, 9.17) is 14.2 Å². The number of carbonyl (C=O) groups excluding carboxylic acids is 1. The van der Waals surface area contributed by atoms with Crippen molar-refractivity contribution in [3.63, 3.8) is 0 Å². The fourth-order valence-electron chi connectivity index (χ4n) is 3.84. The minimum absolute atomic E-state index is 0.000359. The summed E-state index contributed by atoms with van der Waals surface area (Å²) in [5, 5.41) is 0. The molecule has 3 atom stereocenters. The van der Waals surface area contributed by atoms with Gasteiger partial charge in [0.2, 0.25) is 5.91 Å². The van der Waals surface area contributed by atoms with E-state index in [1.54, 1.807) is 12.0 Å². The average Bonchev–Trinajstić information content (AvgIpc) is 3.38. The molecular weight excluding hydrogens is 370 g/mol. The lowest BCUT2D eigenvalue weighted by molar-refractivity contribution is -0.132. The molecule has 3 unspecified atom stereocenters. The van der Waals surface area contributed by atoms with Gasteiger partial charge in [-0.15, -0.1) is 0 Å². The van der Waals surface area contributed by atoms with Crippen molar-refractivity contribution >= 4 is 5.91 Å². The highest BCUT2D eigenvalue weighted by Crippen LogP contribution is 2.29. The van der Waals surface area contributed by atoms with Crippen molar-refractivity contribution in [3.05, 3.63) is 54.1 Å². The van der Waals surface area contributed by atoms with Crippen LogP contribution in [0.5, 0.6) is 17.2 Å². The average molecular weight is 397 g/mol. The Hall–Kier alpha value is -2.77. The van der Waals surface area contributed by atoms with Gasteiger partial charge < -0.3 is 19.1 Å². The van der Waals surface area contributed by atoms with E-state index in [0.29, 0.717) is 31.1 Å². The molecule has 2 aliphatic rings. The molecule has 2 aromatic carbocycles. The Labute approximate surface area is 170 Å². The standard InChI is InChI=1S/C22H27N3O4/c1-25(13-17-11-15-7-3-4-8-19(15)29-17)22(26)18-12-16(23-24-18)14-28-21-10-6-5-9-20(21)27-2/h3-10,16-18,23-24H,11-14H2,1-2H3. The molecule has 2 heterocycles. The van der Waals surface area contributed by atoms with Gasteiger partial charge in [0.05, 0.1) is 19.7 Å². The highest BCUT2D eigenvalue weighted by atomic mass is 16.5. The molecule has 154 valence electrons. The number of likely N-dealkylation sites (N-methyl/N-ethyl adjacent to an activating group) is 1. The van der Waals surface area contributed by atoms with Crippen LogP contribution in [0, 0.1) is 0 Å². The summed E-state index contributed by atoms with van der Waals surface area (Å²) < 4.78 is 17.1. The van der Waals surface area contributed by atoms with Crippen molar-refractivity contribution in [2.45, 2.75) is 31.0 Å². The predicted molar refractivity (Wildman–Crippen MR) is 109 cm³/mol. The minimum atomic E-state index is -0.282. The number of hydrogen-bond donors (Lipinski definition) is 2. The number of nitrogens with one attached hydrogen (secondary N) is 2. The molecule has 1 fully saturated rings. The Morgan fingerprint density at radius 3 is 2.69 bits per heavy atom.